The van der Waals surface area contributed by atoms with E-state index in [1.165, 1.54) is 6.07 Å². The fourth-order valence-electron chi connectivity index (χ4n) is 1.47. The van der Waals surface area contributed by atoms with Crippen molar-refractivity contribution < 1.29 is 13.9 Å². The van der Waals surface area contributed by atoms with E-state index in [1.807, 2.05) is 20.8 Å². The molecule has 0 radical (unpaired) electrons. The van der Waals surface area contributed by atoms with E-state index in [4.69, 9.17) is 5.73 Å². The predicted molar refractivity (Wildman–Crippen MR) is 67.5 cm³/mol. The SMILES string of the molecule is CC(C)(C)c1cc(C(F)(F)C(C)(C)O)cc(N)n1. The third-order valence-electron chi connectivity index (χ3n) is 2.74. The van der Waals surface area contributed by atoms with E-state index >= 15 is 0 Å². The monoisotopic (exact) mass is 258 g/mol. The Morgan fingerprint density at radius 2 is 1.61 bits per heavy atom. The molecule has 0 unspecified atom stereocenters. The second kappa shape index (κ2) is 4.16. The number of aliphatic hydroxyl groups is 1. The number of anilines is 1. The Balaban J connectivity index is 3.40. The molecule has 0 amide bonds. The first-order chi connectivity index (χ1) is 7.85. The van der Waals surface area contributed by atoms with Gasteiger partial charge in [0.15, 0.2) is 0 Å². The van der Waals surface area contributed by atoms with E-state index in [-0.39, 0.29) is 16.8 Å². The maximum absolute atomic E-state index is 14.1. The summed E-state index contributed by atoms with van der Waals surface area (Å²) in [4.78, 5) is 4.06. The number of halogens is 2. The van der Waals surface area contributed by atoms with Gasteiger partial charge in [-0.05, 0) is 26.0 Å². The summed E-state index contributed by atoms with van der Waals surface area (Å²) in [5.74, 6) is -3.36. The lowest BCUT2D eigenvalue weighted by atomic mass is 9.87. The summed E-state index contributed by atoms with van der Waals surface area (Å²) in [6.07, 6.45) is 0. The van der Waals surface area contributed by atoms with Crippen LogP contribution in [0.3, 0.4) is 0 Å². The molecule has 0 atom stereocenters. The van der Waals surface area contributed by atoms with Crippen LogP contribution in [0.1, 0.15) is 45.9 Å². The van der Waals surface area contributed by atoms with E-state index in [1.54, 1.807) is 0 Å². The first kappa shape index (κ1) is 14.8. The highest BCUT2D eigenvalue weighted by Crippen LogP contribution is 2.40. The summed E-state index contributed by atoms with van der Waals surface area (Å²) in [5.41, 5.74) is 3.19. The van der Waals surface area contributed by atoms with Gasteiger partial charge in [0.2, 0.25) is 0 Å². The predicted octanol–water partition coefficient (Wildman–Crippen LogP) is 2.82. The van der Waals surface area contributed by atoms with Crippen molar-refractivity contribution in [1.29, 1.82) is 0 Å². The summed E-state index contributed by atoms with van der Waals surface area (Å²) >= 11 is 0. The largest absolute Gasteiger partial charge is 0.384 e. The zero-order valence-corrected chi connectivity index (χ0v) is 11.4. The van der Waals surface area contributed by atoms with Crippen LogP contribution in [0.25, 0.3) is 0 Å². The Bertz CT molecular complexity index is 445. The lowest BCUT2D eigenvalue weighted by Gasteiger charge is -2.30. The van der Waals surface area contributed by atoms with Gasteiger partial charge in [-0.25, -0.2) is 4.98 Å². The molecule has 0 saturated heterocycles. The molecule has 1 aromatic heterocycles. The molecule has 18 heavy (non-hydrogen) atoms. The van der Waals surface area contributed by atoms with Gasteiger partial charge in [-0.1, -0.05) is 20.8 Å². The number of nitrogens with two attached hydrogens (primary N) is 1. The Morgan fingerprint density at radius 3 is 2.00 bits per heavy atom. The molecule has 0 bridgehead atoms. The zero-order chi connectivity index (χ0) is 14.4. The maximum atomic E-state index is 14.1. The molecule has 1 heterocycles. The van der Waals surface area contributed by atoms with Gasteiger partial charge in [0.25, 0.3) is 0 Å². The van der Waals surface area contributed by atoms with E-state index in [9.17, 15) is 13.9 Å². The average Bonchev–Trinajstić information content (AvgIpc) is 2.13. The number of pyridine rings is 1. The normalized spacial score (nSPS) is 13.8. The van der Waals surface area contributed by atoms with Crippen molar-refractivity contribution in [3.05, 3.63) is 23.4 Å². The van der Waals surface area contributed by atoms with Gasteiger partial charge in [0.1, 0.15) is 11.4 Å². The van der Waals surface area contributed by atoms with Crippen LogP contribution in [-0.2, 0) is 11.3 Å². The molecular formula is C13H20F2N2O. The minimum Gasteiger partial charge on any atom is -0.384 e. The number of rotatable bonds is 2. The Hall–Kier alpha value is -1.23. The van der Waals surface area contributed by atoms with Gasteiger partial charge >= 0.3 is 5.92 Å². The molecule has 0 saturated carbocycles. The Labute approximate surface area is 106 Å². The number of aromatic nitrogens is 1. The number of hydrogen-bond donors (Lipinski definition) is 2. The molecule has 0 aliphatic heterocycles. The summed E-state index contributed by atoms with van der Waals surface area (Å²) < 4.78 is 28.2. The van der Waals surface area contributed by atoms with Crippen LogP contribution >= 0.6 is 0 Å². The van der Waals surface area contributed by atoms with Crippen LogP contribution in [0.2, 0.25) is 0 Å². The van der Waals surface area contributed by atoms with Gasteiger partial charge in [-0.2, -0.15) is 8.78 Å². The second-order valence-electron chi connectivity index (χ2n) is 6.05. The summed E-state index contributed by atoms with van der Waals surface area (Å²) in [6.45, 7) is 7.73. The molecule has 3 nitrogen and oxygen atoms in total. The third-order valence-corrected chi connectivity index (χ3v) is 2.74. The van der Waals surface area contributed by atoms with Gasteiger partial charge in [0, 0.05) is 16.7 Å². The molecule has 3 N–H and O–H groups in total. The summed E-state index contributed by atoms with van der Waals surface area (Å²) in [7, 11) is 0. The topological polar surface area (TPSA) is 59.1 Å². The first-order valence-corrected chi connectivity index (χ1v) is 5.74. The van der Waals surface area contributed by atoms with Crippen LogP contribution in [0.4, 0.5) is 14.6 Å². The average molecular weight is 258 g/mol. The van der Waals surface area contributed by atoms with Crippen LogP contribution in [0, 0.1) is 0 Å². The Kier molecular flexibility index (Phi) is 3.42. The lowest BCUT2D eigenvalue weighted by molar-refractivity contribution is -0.168. The van der Waals surface area contributed by atoms with Gasteiger partial charge < -0.3 is 10.8 Å². The van der Waals surface area contributed by atoms with Gasteiger partial charge in [-0.15, -0.1) is 0 Å². The molecule has 102 valence electrons. The van der Waals surface area contributed by atoms with Gasteiger partial charge in [0.05, 0.1) is 0 Å². The molecule has 0 fully saturated rings. The second-order valence-corrected chi connectivity index (χ2v) is 6.05. The van der Waals surface area contributed by atoms with Crippen molar-refractivity contribution in [2.24, 2.45) is 0 Å². The highest BCUT2D eigenvalue weighted by atomic mass is 19.3. The molecular weight excluding hydrogens is 238 g/mol. The molecule has 0 aliphatic rings. The summed E-state index contributed by atoms with van der Waals surface area (Å²) in [6, 6.07) is 2.40. The van der Waals surface area contributed by atoms with Gasteiger partial charge in [-0.3, -0.25) is 0 Å². The highest BCUT2D eigenvalue weighted by Gasteiger charge is 2.47. The fraction of sp³-hybridized carbons (Fsp3) is 0.615. The third kappa shape index (κ3) is 2.77. The first-order valence-electron chi connectivity index (χ1n) is 5.74. The molecule has 0 spiro atoms. The van der Waals surface area contributed by atoms with Crippen LogP contribution in [0.15, 0.2) is 12.1 Å². The smallest absolute Gasteiger partial charge is 0.300 e. The number of hydrogen-bond acceptors (Lipinski definition) is 3. The molecule has 5 heteroatoms. The molecule has 1 rings (SSSR count). The lowest BCUT2D eigenvalue weighted by Crippen LogP contribution is -2.40. The molecule has 1 aromatic rings. The van der Waals surface area contributed by atoms with Crippen molar-refractivity contribution in [2.45, 2.75) is 51.6 Å². The molecule has 0 aromatic carbocycles. The van der Waals surface area contributed by atoms with Crippen molar-refractivity contribution in [3.8, 4) is 0 Å². The highest BCUT2D eigenvalue weighted by molar-refractivity contribution is 5.39. The number of nitrogen functional groups attached to an aromatic ring is 1. The number of nitrogens with zero attached hydrogens (tertiary/aromatic N) is 1. The minimum absolute atomic E-state index is 0.0290. The Morgan fingerprint density at radius 1 is 1.11 bits per heavy atom. The maximum Gasteiger partial charge on any atom is 0.300 e. The van der Waals surface area contributed by atoms with Crippen molar-refractivity contribution in [3.63, 3.8) is 0 Å². The van der Waals surface area contributed by atoms with Crippen LogP contribution < -0.4 is 5.73 Å². The van der Waals surface area contributed by atoms with Crippen LogP contribution in [0.5, 0.6) is 0 Å². The summed E-state index contributed by atoms with van der Waals surface area (Å²) in [5, 5.41) is 9.57. The van der Waals surface area contributed by atoms with Crippen molar-refractivity contribution in [2.75, 3.05) is 5.73 Å². The fourth-order valence-corrected chi connectivity index (χ4v) is 1.47. The van der Waals surface area contributed by atoms with E-state index in [0.717, 1.165) is 19.9 Å². The van der Waals surface area contributed by atoms with E-state index in [2.05, 4.69) is 4.98 Å². The van der Waals surface area contributed by atoms with Crippen LogP contribution in [-0.4, -0.2) is 15.7 Å². The van der Waals surface area contributed by atoms with E-state index in [0.29, 0.717) is 5.69 Å². The number of alkyl halides is 2. The van der Waals surface area contributed by atoms with E-state index < -0.39 is 11.5 Å². The molecule has 0 aliphatic carbocycles. The standard InChI is InChI=1S/C13H20F2N2O/c1-11(2,3)9-6-8(7-10(16)17-9)13(14,15)12(4,5)18/h6-7,18H,1-5H3,(H2,16,17). The minimum atomic E-state index is -3.38. The van der Waals surface area contributed by atoms with Crippen molar-refractivity contribution >= 4 is 5.82 Å². The van der Waals surface area contributed by atoms with Crippen molar-refractivity contribution in [1.82, 2.24) is 4.98 Å². The quantitative estimate of drug-likeness (QED) is 0.857. The zero-order valence-electron chi connectivity index (χ0n) is 11.4.